The third-order valence-corrected chi connectivity index (χ3v) is 4.26. The van der Waals surface area contributed by atoms with E-state index in [2.05, 4.69) is 17.2 Å². The number of hydrogen-bond donors (Lipinski definition) is 1. The topological polar surface area (TPSA) is 42.0 Å². The number of unbranched alkanes of at least 4 members (excludes halogenated alkanes) is 3. The van der Waals surface area contributed by atoms with E-state index in [9.17, 15) is 9.18 Å². The van der Waals surface area contributed by atoms with Gasteiger partial charge in [-0.3, -0.25) is 4.79 Å². The summed E-state index contributed by atoms with van der Waals surface area (Å²) in [5.74, 6) is -0.285. The monoisotopic (exact) mass is 320 g/mol. The van der Waals surface area contributed by atoms with E-state index in [4.69, 9.17) is 0 Å². The molecule has 0 saturated carbocycles. The Morgan fingerprint density at radius 1 is 1.32 bits per heavy atom. The van der Waals surface area contributed by atoms with Gasteiger partial charge in [-0.25, -0.2) is 9.37 Å². The van der Waals surface area contributed by atoms with Crippen LogP contribution in [-0.2, 0) is 11.2 Å². The SMILES string of the molecule is CCCCCCNC(=O)Cc1csc(-c2cccc(F)c2)n1. The van der Waals surface area contributed by atoms with Gasteiger partial charge in [0.15, 0.2) is 0 Å². The molecule has 1 N–H and O–H groups in total. The zero-order valence-electron chi connectivity index (χ0n) is 12.8. The van der Waals surface area contributed by atoms with Crippen molar-refractivity contribution in [3.63, 3.8) is 0 Å². The minimum atomic E-state index is -0.279. The van der Waals surface area contributed by atoms with Crippen LogP contribution in [0.15, 0.2) is 29.6 Å². The van der Waals surface area contributed by atoms with Gasteiger partial charge < -0.3 is 5.32 Å². The molecule has 0 spiro atoms. The van der Waals surface area contributed by atoms with E-state index in [1.54, 1.807) is 6.07 Å². The molecule has 1 aromatic heterocycles. The highest BCUT2D eigenvalue weighted by Gasteiger charge is 2.09. The Kier molecular flexibility index (Phi) is 6.52. The van der Waals surface area contributed by atoms with Gasteiger partial charge in [-0.1, -0.05) is 38.3 Å². The number of rotatable bonds is 8. The zero-order valence-corrected chi connectivity index (χ0v) is 13.6. The molecule has 0 bridgehead atoms. The number of nitrogens with one attached hydrogen (secondary N) is 1. The fraction of sp³-hybridized carbons (Fsp3) is 0.412. The van der Waals surface area contributed by atoms with Crippen LogP contribution in [0.2, 0.25) is 0 Å². The molecule has 1 amide bonds. The number of amides is 1. The molecule has 0 saturated heterocycles. The van der Waals surface area contributed by atoms with Crippen molar-refractivity contribution in [3.05, 3.63) is 41.2 Å². The predicted molar refractivity (Wildman–Crippen MR) is 88.4 cm³/mol. The second-order valence-electron chi connectivity index (χ2n) is 5.24. The molecule has 2 aromatic rings. The van der Waals surface area contributed by atoms with Gasteiger partial charge in [0.2, 0.25) is 5.91 Å². The summed E-state index contributed by atoms with van der Waals surface area (Å²) in [5.41, 5.74) is 1.48. The first-order valence-corrected chi connectivity index (χ1v) is 8.54. The molecule has 0 aliphatic rings. The van der Waals surface area contributed by atoms with Gasteiger partial charge in [-0.05, 0) is 18.6 Å². The number of carbonyl (C=O) groups excluding carboxylic acids is 1. The largest absolute Gasteiger partial charge is 0.356 e. The molecule has 0 aliphatic carbocycles. The van der Waals surface area contributed by atoms with E-state index in [0.717, 1.165) is 35.7 Å². The molecule has 22 heavy (non-hydrogen) atoms. The van der Waals surface area contributed by atoms with Crippen LogP contribution < -0.4 is 5.32 Å². The van der Waals surface area contributed by atoms with Crippen LogP contribution in [0.25, 0.3) is 10.6 Å². The second kappa shape index (κ2) is 8.63. The van der Waals surface area contributed by atoms with E-state index in [-0.39, 0.29) is 18.1 Å². The van der Waals surface area contributed by atoms with Crippen molar-refractivity contribution in [2.45, 2.75) is 39.0 Å². The molecule has 0 radical (unpaired) electrons. The molecule has 1 aromatic carbocycles. The van der Waals surface area contributed by atoms with Crippen molar-refractivity contribution in [2.75, 3.05) is 6.54 Å². The maximum Gasteiger partial charge on any atom is 0.226 e. The van der Waals surface area contributed by atoms with E-state index in [1.807, 2.05) is 11.4 Å². The number of halogens is 1. The van der Waals surface area contributed by atoms with Gasteiger partial charge in [0.1, 0.15) is 10.8 Å². The number of carbonyl (C=O) groups is 1. The fourth-order valence-electron chi connectivity index (χ4n) is 2.15. The summed E-state index contributed by atoms with van der Waals surface area (Å²) in [6.07, 6.45) is 4.84. The average Bonchev–Trinajstić information content (AvgIpc) is 2.95. The second-order valence-corrected chi connectivity index (χ2v) is 6.10. The van der Waals surface area contributed by atoms with Crippen molar-refractivity contribution >= 4 is 17.2 Å². The third-order valence-electron chi connectivity index (χ3n) is 3.32. The van der Waals surface area contributed by atoms with Gasteiger partial charge in [0, 0.05) is 17.5 Å². The molecule has 0 unspecified atom stereocenters. The Balaban J connectivity index is 1.83. The van der Waals surface area contributed by atoms with Gasteiger partial charge in [-0.15, -0.1) is 11.3 Å². The summed E-state index contributed by atoms with van der Waals surface area (Å²) < 4.78 is 13.2. The Bertz CT molecular complexity index is 612. The molecule has 118 valence electrons. The number of hydrogen-bond acceptors (Lipinski definition) is 3. The van der Waals surface area contributed by atoms with E-state index in [1.165, 1.54) is 36.3 Å². The van der Waals surface area contributed by atoms with E-state index in [0.29, 0.717) is 0 Å². The molecule has 3 nitrogen and oxygen atoms in total. The number of benzene rings is 1. The van der Waals surface area contributed by atoms with Crippen LogP contribution >= 0.6 is 11.3 Å². The molecular weight excluding hydrogens is 299 g/mol. The quantitative estimate of drug-likeness (QED) is 0.741. The van der Waals surface area contributed by atoms with Gasteiger partial charge >= 0.3 is 0 Å². The lowest BCUT2D eigenvalue weighted by Gasteiger charge is -2.03. The first-order chi connectivity index (χ1) is 10.7. The van der Waals surface area contributed by atoms with Crippen LogP contribution in [0.5, 0.6) is 0 Å². The van der Waals surface area contributed by atoms with Gasteiger partial charge in [-0.2, -0.15) is 0 Å². The molecule has 0 atom stereocenters. The van der Waals surface area contributed by atoms with Gasteiger partial charge in [0.05, 0.1) is 12.1 Å². The van der Waals surface area contributed by atoms with Crippen LogP contribution in [0.1, 0.15) is 38.3 Å². The highest BCUT2D eigenvalue weighted by atomic mass is 32.1. The maximum atomic E-state index is 13.2. The normalized spacial score (nSPS) is 10.6. The van der Waals surface area contributed by atoms with Crippen molar-refractivity contribution in [2.24, 2.45) is 0 Å². The van der Waals surface area contributed by atoms with E-state index >= 15 is 0 Å². The molecular formula is C17H21FN2OS. The first kappa shape index (κ1) is 16.6. The van der Waals surface area contributed by atoms with Crippen LogP contribution in [-0.4, -0.2) is 17.4 Å². The minimum Gasteiger partial charge on any atom is -0.356 e. The Morgan fingerprint density at radius 2 is 2.18 bits per heavy atom. The molecule has 0 fully saturated rings. The molecule has 1 heterocycles. The summed E-state index contributed by atoms with van der Waals surface area (Å²) in [6.45, 7) is 2.89. The summed E-state index contributed by atoms with van der Waals surface area (Å²) >= 11 is 1.43. The standard InChI is InChI=1S/C17H21FN2OS/c1-2-3-4-5-9-19-16(21)11-15-12-22-17(20-15)13-7-6-8-14(18)10-13/h6-8,10,12H,2-5,9,11H2,1H3,(H,19,21). The Hall–Kier alpha value is -1.75. The van der Waals surface area contributed by atoms with E-state index < -0.39 is 0 Å². The summed E-state index contributed by atoms with van der Waals surface area (Å²) in [4.78, 5) is 16.2. The predicted octanol–water partition coefficient (Wildman–Crippen LogP) is 4.19. The summed E-state index contributed by atoms with van der Waals surface area (Å²) in [7, 11) is 0. The van der Waals surface area contributed by atoms with Crippen LogP contribution in [0, 0.1) is 5.82 Å². The van der Waals surface area contributed by atoms with Crippen molar-refractivity contribution in [1.82, 2.24) is 10.3 Å². The smallest absolute Gasteiger partial charge is 0.226 e. The van der Waals surface area contributed by atoms with Gasteiger partial charge in [0.25, 0.3) is 0 Å². The van der Waals surface area contributed by atoms with Crippen LogP contribution in [0.4, 0.5) is 4.39 Å². The number of aromatic nitrogens is 1. The molecule has 2 rings (SSSR count). The lowest BCUT2D eigenvalue weighted by atomic mass is 10.2. The Morgan fingerprint density at radius 3 is 2.95 bits per heavy atom. The minimum absolute atomic E-state index is 0.00686. The average molecular weight is 320 g/mol. The third kappa shape index (κ3) is 5.22. The first-order valence-electron chi connectivity index (χ1n) is 7.66. The summed E-state index contributed by atoms with van der Waals surface area (Å²) in [6, 6.07) is 6.34. The maximum absolute atomic E-state index is 13.2. The highest BCUT2D eigenvalue weighted by molar-refractivity contribution is 7.13. The number of thiazole rings is 1. The lowest BCUT2D eigenvalue weighted by molar-refractivity contribution is -0.120. The highest BCUT2D eigenvalue weighted by Crippen LogP contribution is 2.24. The number of nitrogens with zero attached hydrogens (tertiary/aromatic N) is 1. The van der Waals surface area contributed by atoms with Crippen molar-refractivity contribution in [3.8, 4) is 10.6 Å². The Labute approximate surface area is 134 Å². The zero-order chi connectivity index (χ0) is 15.8. The van der Waals surface area contributed by atoms with Crippen LogP contribution in [0.3, 0.4) is 0 Å². The summed E-state index contributed by atoms with van der Waals surface area (Å²) in [5, 5.41) is 5.51. The fourth-order valence-corrected chi connectivity index (χ4v) is 2.97. The van der Waals surface area contributed by atoms with Crippen molar-refractivity contribution in [1.29, 1.82) is 0 Å². The molecule has 5 heteroatoms. The lowest BCUT2D eigenvalue weighted by Crippen LogP contribution is -2.26. The molecule has 0 aliphatic heterocycles. The van der Waals surface area contributed by atoms with Crippen molar-refractivity contribution < 1.29 is 9.18 Å².